The van der Waals surface area contributed by atoms with E-state index in [4.69, 9.17) is 0 Å². The van der Waals surface area contributed by atoms with Gasteiger partial charge in [0.15, 0.2) is 0 Å². The van der Waals surface area contributed by atoms with Crippen LogP contribution in [-0.4, -0.2) is 27.9 Å². The molecule has 0 aromatic carbocycles. The third-order valence-corrected chi connectivity index (χ3v) is 4.52. The summed E-state index contributed by atoms with van der Waals surface area (Å²) in [6, 6.07) is 7.71. The minimum absolute atomic E-state index is 0.0163. The van der Waals surface area contributed by atoms with E-state index in [2.05, 4.69) is 21.0 Å². The maximum Gasteiger partial charge on any atom is 0.266 e. The molecule has 1 saturated heterocycles. The van der Waals surface area contributed by atoms with E-state index in [-0.39, 0.29) is 5.56 Å². The zero-order valence-electron chi connectivity index (χ0n) is 12.8. The van der Waals surface area contributed by atoms with Gasteiger partial charge < -0.3 is 4.90 Å². The van der Waals surface area contributed by atoms with E-state index in [9.17, 15) is 4.79 Å². The van der Waals surface area contributed by atoms with Crippen LogP contribution in [0.3, 0.4) is 0 Å². The van der Waals surface area contributed by atoms with Crippen LogP contribution in [0.15, 0.2) is 35.3 Å². The molecule has 5 heteroatoms. The van der Waals surface area contributed by atoms with Gasteiger partial charge in [0.05, 0.1) is 12.2 Å². The lowest BCUT2D eigenvalue weighted by atomic mass is 9.99. The second-order valence-electron chi connectivity index (χ2n) is 6.48. The number of hydrogen-bond acceptors (Lipinski definition) is 4. The number of aryl methyl sites for hydroxylation is 1. The predicted molar refractivity (Wildman–Crippen MR) is 85.1 cm³/mol. The van der Waals surface area contributed by atoms with Crippen molar-refractivity contribution in [3.63, 3.8) is 0 Å². The van der Waals surface area contributed by atoms with Crippen molar-refractivity contribution in [2.45, 2.75) is 32.2 Å². The van der Waals surface area contributed by atoms with Gasteiger partial charge in [-0.3, -0.25) is 9.78 Å². The topological polar surface area (TPSA) is 51.0 Å². The molecule has 0 unspecified atom stereocenters. The highest BCUT2D eigenvalue weighted by Gasteiger charge is 2.29. The molecule has 0 bridgehead atoms. The first kappa shape index (κ1) is 13.5. The molecule has 3 heterocycles. The minimum Gasteiger partial charge on any atom is -0.371 e. The van der Waals surface area contributed by atoms with E-state index in [1.165, 1.54) is 18.5 Å². The summed E-state index contributed by atoms with van der Waals surface area (Å²) in [5, 5.41) is 4.54. The summed E-state index contributed by atoms with van der Waals surface area (Å²) in [7, 11) is 0. The van der Waals surface area contributed by atoms with Gasteiger partial charge in [0, 0.05) is 48.6 Å². The molecule has 2 aliphatic rings. The number of aromatic nitrogens is 3. The summed E-state index contributed by atoms with van der Waals surface area (Å²) in [6.07, 6.45) is 4.27. The number of rotatable bonds is 4. The minimum atomic E-state index is 0.0163. The van der Waals surface area contributed by atoms with Crippen LogP contribution in [0.5, 0.6) is 0 Å². The molecule has 2 aromatic heterocycles. The predicted octanol–water partition coefficient (Wildman–Crippen LogP) is 1.96. The van der Waals surface area contributed by atoms with E-state index < -0.39 is 0 Å². The normalized spacial score (nSPS) is 18.3. The van der Waals surface area contributed by atoms with Crippen LogP contribution < -0.4 is 10.5 Å². The van der Waals surface area contributed by atoms with Crippen molar-refractivity contribution in [3.05, 3.63) is 52.2 Å². The first-order chi connectivity index (χ1) is 10.7. The SMILES string of the molecule is Cc1cc(N2CC(Cn3nc(C4CC4)ccc3=O)C2)ccn1. The quantitative estimate of drug-likeness (QED) is 0.865. The Labute approximate surface area is 129 Å². The third kappa shape index (κ3) is 2.63. The summed E-state index contributed by atoms with van der Waals surface area (Å²) >= 11 is 0. The van der Waals surface area contributed by atoms with Gasteiger partial charge in [0.2, 0.25) is 0 Å². The maximum absolute atomic E-state index is 12.0. The fourth-order valence-electron chi connectivity index (χ4n) is 3.06. The van der Waals surface area contributed by atoms with Crippen molar-refractivity contribution in [1.29, 1.82) is 0 Å². The van der Waals surface area contributed by atoms with Gasteiger partial charge in [-0.05, 0) is 38.0 Å². The van der Waals surface area contributed by atoms with Crippen LogP contribution in [-0.2, 0) is 6.54 Å². The zero-order chi connectivity index (χ0) is 15.1. The standard InChI is InChI=1S/C17H20N4O/c1-12-8-15(6-7-18-12)20-9-13(10-20)11-21-17(22)5-4-16(19-21)14-2-3-14/h4-8,13-14H,2-3,9-11H2,1H3. The number of nitrogens with zero attached hydrogens (tertiary/aromatic N) is 4. The van der Waals surface area contributed by atoms with Crippen LogP contribution in [0.25, 0.3) is 0 Å². The fraction of sp³-hybridized carbons (Fsp3) is 0.471. The monoisotopic (exact) mass is 296 g/mol. The third-order valence-electron chi connectivity index (χ3n) is 4.52. The van der Waals surface area contributed by atoms with E-state index >= 15 is 0 Å². The Morgan fingerprint density at radius 1 is 1.23 bits per heavy atom. The molecule has 0 N–H and O–H groups in total. The fourth-order valence-corrected chi connectivity index (χ4v) is 3.06. The molecule has 1 aliphatic heterocycles. The first-order valence-electron chi connectivity index (χ1n) is 7.95. The Morgan fingerprint density at radius 2 is 2.05 bits per heavy atom. The Morgan fingerprint density at radius 3 is 2.77 bits per heavy atom. The summed E-state index contributed by atoms with van der Waals surface area (Å²) in [4.78, 5) is 18.5. The van der Waals surface area contributed by atoms with Crippen LogP contribution in [0.2, 0.25) is 0 Å². The van der Waals surface area contributed by atoms with Gasteiger partial charge >= 0.3 is 0 Å². The van der Waals surface area contributed by atoms with Crippen molar-refractivity contribution in [2.24, 2.45) is 5.92 Å². The van der Waals surface area contributed by atoms with Gasteiger partial charge in [-0.1, -0.05) is 0 Å². The second-order valence-corrected chi connectivity index (χ2v) is 6.48. The summed E-state index contributed by atoms with van der Waals surface area (Å²) < 4.78 is 1.66. The number of pyridine rings is 1. The highest BCUT2D eigenvalue weighted by Crippen LogP contribution is 2.38. The van der Waals surface area contributed by atoms with Crippen molar-refractivity contribution < 1.29 is 0 Å². The largest absolute Gasteiger partial charge is 0.371 e. The smallest absolute Gasteiger partial charge is 0.266 e. The molecule has 22 heavy (non-hydrogen) atoms. The lowest BCUT2D eigenvalue weighted by Crippen LogP contribution is -2.49. The molecule has 0 radical (unpaired) electrons. The molecular formula is C17H20N4O. The van der Waals surface area contributed by atoms with E-state index in [1.54, 1.807) is 10.7 Å². The van der Waals surface area contributed by atoms with Crippen LogP contribution in [0.1, 0.15) is 30.1 Å². The summed E-state index contributed by atoms with van der Waals surface area (Å²) in [6.45, 7) is 4.68. The number of hydrogen-bond donors (Lipinski definition) is 0. The lowest BCUT2D eigenvalue weighted by molar-refractivity contribution is 0.333. The van der Waals surface area contributed by atoms with Crippen molar-refractivity contribution in [3.8, 4) is 0 Å². The van der Waals surface area contributed by atoms with Crippen LogP contribution >= 0.6 is 0 Å². The maximum atomic E-state index is 12.0. The Balaban J connectivity index is 1.42. The number of anilines is 1. The molecular weight excluding hydrogens is 276 g/mol. The molecule has 5 nitrogen and oxygen atoms in total. The molecule has 2 fully saturated rings. The van der Waals surface area contributed by atoms with Crippen molar-refractivity contribution >= 4 is 5.69 Å². The molecule has 4 rings (SSSR count). The van der Waals surface area contributed by atoms with Crippen LogP contribution in [0, 0.1) is 12.8 Å². The van der Waals surface area contributed by atoms with E-state index in [0.717, 1.165) is 31.0 Å². The molecule has 1 saturated carbocycles. The Hall–Kier alpha value is -2.17. The van der Waals surface area contributed by atoms with E-state index in [0.29, 0.717) is 11.8 Å². The van der Waals surface area contributed by atoms with Crippen molar-refractivity contribution in [2.75, 3.05) is 18.0 Å². The van der Waals surface area contributed by atoms with Crippen molar-refractivity contribution in [1.82, 2.24) is 14.8 Å². The second kappa shape index (κ2) is 5.23. The van der Waals surface area contributed by atoms with Gasteiger partial charge in [0.25, 0.3) is 5.56 Å². The highest BCUT2D eigenvalue weighted by molar-refractivity contribution is 5.48. The molecule has 114 valence electrons. The van der Waals surface area contributed by atoms with Gasteiger partial charge in [0.1, 0.15) is 0 Å². The zero-order valence-corrected chi connectivity index (χ0v) is 12.8. The summed E-state index contributed by atoms with van der Waals surface area (Å²) in [5.74, 6) is 1.08. The lowest BCUT2D eigenvalue weighted by Gasteiger charge is -2.41. The van der Waals surface area contributed by atoms with Gasteiger partial charge in [-0.25, -0.2) is 4.68 Å². The molecule has 0 spiro atoms. The highest BCUT2D eigenvalue weighted by atomic mass is 16.1. The van der Waals surface area contributed by atoms with Gasteiger partial charge in [-0.2, -0.15) is 5.10 Å². The molecule has 2 aromatic rings. The molecule has 1 aliphatic carbocycles. The average Bonchev–Trinajstić information content (AvgIpc) is 3.28. The van der Waals surface area contributed by atoms with Gasteiger partial charge in [-0.15, -0.1) is 0 Å². The molecule has 0 atom stereocenters. The first-order valence-corrected chi connectivity index (χ1v) is 7.95. The molecule has 0 amide bonds. The Bertz CT molecular complexity index is 744. The van der Waals surface area contributed by atoms with Crippen LogP contribution in [0.4, 0.5) is 5.69 Å². The average molecular weight is 296 g/mol. The van der Waals surface area contributed by atoms with E-state index in [1.807, 2.05) is 25.3 Å². The summed E-state index contributed by atoms with van der Waals surface area (Å²) in [5.41, 5.74) is 3.36. The Kier molecular flexibility index (Phi) is 3.21.